The topological polar surface area (TPSA) is 203 Å². The summed E-state index contributed by atoms with van der Waals surface area (Å²) in [7, 11) is 0. The van der Waals surface area contributed by atoms with E-state index >= 15 is 0 Å². The summed E-state index contributed by atoms with van der Waals surface area (Å²) < 4.78 is 0. The fourth-order valence-corrected chi connectivity index (χ4v) is 3.58. The molecule has 0 aromatic heterocycles. The Labute approximate surface area is 190 Å². The van der Waals surface area contributed by atoms with Crippen molar-refractivity contribution in [3.63, 3.8) is 0 Å². The second kappa shape index (κ2) is 11.6. The van der Waals surface area contributed by atoms with Gasteiger partial charge in [-0.1, -0.05) is 12.1 Å². The second-order valence-corrected chi connectivity index (χ2v) is 7.98. The van der Waals surface area contributed by atoms with E-state index in [-0.39, 0.29) is 18.7 Å². The zero-order chi connectivity index (χ0) is 24.7. The first-order valence-corrected chi connectivity index (χ1v) is 10.5. The highest BCUT2D eigenvalue weighted by molar-refractivity contribution is 5.94. The quantitative estimate of drug-likeness (QED) is 0.197. The molecule has 1 heterocycles. The Kier molecular flexibility index (Phi) is 9.14. The van der Waals surface area contributed by atoms with Crippen molar-refractivity contribution in [2.75, 3.05) is 13.2 Å². The Morgan fingerprint density at radius 1 is 1.18 bits per heavy atom. The minimum absolute atomic E-state index is 0.00549. The van der Waals surface area contributed by atoms with Crippen LogP contribution in [0.3, 0.4) is 0 Å². The number of phenolic OH excluding ortho intramolecular Hbond substituents is 1. The van der Waals surface area contributed by atoms with Crippen molar-refractivity contribution in [3.8, 4) is 5.75 Å². The highest BCUT2D eigenvalue weighted by Crippen LogP contribution is 2.19. The van der Waals surface area contributed by atoms with Crippen LogP contribution in [-0.4, -0.2) is 92.4 Å². The predicted octanol–water partition coefficient (Wildman–Crippen LogP) is -2.32. The van der Waals surface area contributed by atoms with Crippen LogP contribution in [0.4, 0.5) is 0 Å². The van der Waals surface area contributed by atoms with Crippen LogP contribution >= 0.6 is 0 Å². The summed E-state index contributed by atoms with van der Waals surface area (Å²) in [5.41, 5.74) is 6.10. The van der Waals surface area contributed by atoms with Crippen molar-refractivity contribution in [3.05, 3.63) is 29.8 Å². The third-order valence-electron chi connectivity index (χ3n) is 5.41. The van der Waals surface area contributed by atoms with Gasteiger partial charge in [0.1, 0.15) is 29.9 Å². The zero-order valence-corrected chi connectivity index (χ0v) is 18.2. The number of hydrogen-bond acceptors (Lipinski definition) is 8. The van der Waals surface area contributed by atoms with E-state index in [2.05, 4.69) is 10.6 Å². The number of nitrogens with one attached hydrogen (secondary N) is 2. The monoisotopic (exact) mass is 466 g/mol. The van der Waals surface area contributed by atoms with Gasteiger partial charge < -0.3 is 41.7 Å². The van der Waals surface area contributed by atoms with E-state index in [9.17, 15) is 34.5 Å². The molecule has 182 valence electrons. The van der Waals surface area contributed by atoms with Crippen LogP contribution < -0.4 is 16.4 Å². The predicted molar refractivity (Wildman–Crippen MR) is 115 cm³/mol. The number of carboxylic acids is 1. The molecule has 1 aromatic rings. The minimum atomic E-state index is -1.47. The Bertz CT molecular complexity index is 860. The number of aliphatic hydroxyl groups excluding tert-OH is 2. The van der Waals surface area contributed by atoms with Gasteiger partial charge >= 0.3 is 5.97 Å². The number of likely N-dealkylation sites (tertiary alicyclic amines) is 1. The number of hydrogen-bond donors (Lipinski definition) is 7. The number of aliphatic hydroxyl groups is 2. The number of nitrogens with two attached hydrogens (primary N) is 1. The van der Waals surface area contributed by atoms with E-state index in [0.29, 0.717) is 18.4 Å². The molecular formula is C21H30N4O8. The van der Waals surface area contributed by atoms with Gasteiger partial charge in [0, 0.05) is 13.0 Å². The Hall–Kier alpha value is -3.22. The first-order chi connectivity index (χ1) is 15.5. The van der Waals surface area contributed by atoms with Gasteiger partial charge in [-0.2, -0.15) is 0 Å². The zero-order valence-electron chi connectivity index (χ0n) is 18.2. The Balaban J connectivity index is 2.08. The van der Waals surface area contributed by atoms with Crippen molar-refractivity contribution in [2.24, 2.45) is 5.73 Å². The first-order valence-electron chi connectivity index (χ1n) is 10.5. The number of carbonyl (C=O) groups excluding carboxylic acids is 3. The number of nitrogens with zero attached hydrogens (tertiary/aromatic N) is 1. The van der Waals surface area contributed by atoms with E-state index in [1.54, 1.807) is 0 Å². The molecule has 0 spiro atoms. The van der Waals surface area contributed by atoms with E-state index in [4.69, 9.17) is 10.8 Å². The maximum Gasteiger partial charge on any atom is 0.326 e. The van der Waals surface area contributed by atoms with Crippen LogP contribution in [0.1, 0.15) is 25.3 Å². The van der Waals surface area contributed by atoms with Gasteiger partial charge in [-0.15, -0.1) is 0 Å². The van der Waals surface area contributed by atoms with E-state index in [1.165, 1.54) is 36.1 Å². The number of phenols is 1. The lowest BCUT2D eigenvalue weighted by molar-refractivity contribution is -0.144. The van der Waals surface area contributed by atoms with Gasteiger partial charge in [-0.05, 0) is 37.5 Å². The SMILES string of the molecule is C[C@@H](O)[C@H](NC(=O)[C@@H]1CCCN1C(=O)[C@@H](N)CO)C(=O)N[C@@H](Cc1ccc(O)cc1)C(=O)O. The number of amides is 3. The molecule has 1 fully saturated rings. The van der Waals surface area contributed by atoms with Crippen LogP contribution in [0.5, 0.6) is 5.75 Å². The summed E-state index contributed by atoms with van der Waals surface area (Å²) in [5.74, 6) is -3.53. The molecule has 1 aliphatic heterocycles. The fraction of sp³-hybridized carbons (Fsp3) is 0.524. The molecule has 0 saturated carbocycles. The van der Waals surface area contributed by atoms with Gasteiger partial charge in [0.2, 0.25) is 17.7 Å². The van der Waals surface area contributed by atoms with Crippen molar-refractivity contribution in [1.29, 1.82) is 0 Å². The summed E-state index contributed by atoms with van der Waals surface area (Å²) >= 11 is 0. The summed E-state index contributed by atoms with van der Waals surface area (Å²) in [4.78, 5) is 50.7. The van der Waals surface area contributed by atoms with Crippen molar-refractivity contribution in [1.82, 2.24) is 15.5 Å². The highest BCUT2D eigenvalue weighted by Gasteiger charge is 2.38. The summed E-state index contributed by atoms with van der Waals surface area (Å²) in [6.45, 7) is 0.934. The first kappa shape index (κ1) is 26.0. The molecule has 12 nitrogen and oxygen atoms in total. The molecule has 0 unspecified atom stereocenters. The molecule has 2 rings (SSSR count). The van der Waals surface area contributed by atoms with E-state index in [1.807, 2.05) is 0 Å². The van der Waals surface area contributed by atoms with Gasteiger partial charge in [0.15, 0.2) is 0 Å². The third-order valence-corrected chi connectivity index (χ3v) is 5.41. The minimum Gasteiger partial charge on any atom is -0.508 e. The molecule has 33 heavy (non-hydrogen) atoms. The average molecular weight is 466 g/mol. The lowest BCUT2D eigenvalue weighted by Crippen LogP contribution is -2.59. The van der Waals surface area contributed by atoms with Crippen molar-refractivity contribution >= 4 is 23.7 Å². The van der Waals surface area contributed by atoms with Crippen LogP contribution in [0.2, 0.25) is 0 Å². The standard InChI is InChI=1S/C21H30N4O8/c1-11(27)17(24-18(29)16-3-2-8-25(16)20(31)14(22)10-26)19(30)23-15(21(32)33)9-12-4-6-13(28)7-5-12/h4-7,11,14-17,26-28H,2-3,8-10,22H2,1H3,(H,23,30)(H,24,29)(H,32,33)/t11-,14+,15+,16+,17+/m1/s1. The van der Waals surface area contributed by atoms with Gasteiger partial charge in [-0.3, -0.25) is 14.4 Å². The highest BCUT2D eigenvalue weighted by atomic mass is 16.4. The molecule has 1 aromatic carbocycles. The molecule has 1 aliphatic rings. The molecule has 12 heteroatoms. The largest absolute Gasteiger partial charge is 0.508 e. The average Bonchev–Trinajstić information content (AvgIpc) is 3.26. The molecule has 0 bridgehead atoms. The van der Waals surface area contributed by atoms with E-state index in [0.717, 1.165) is 0 Å². The third kappa shape index (κ3) is 6.88. The van der Waals surface area contributed by atoms with E-state index < -0.39 is 60.6 Å². The summed E-state index contributed by atoms with van der Waals surface area (Å²) in [6.07, 6.45) is -0.627. The maximum atomic E-state index is 12.8. The van der Waals surface area contributed by atoms with Crippen LogP contribution in [0, 0.1) is 0 Å². The molecule has 3 amide bonds. The van der Waals surface area contributed by atoms with Gasteiger partial charge in [0.05, 0.1) is 12.7 Å². The van der Waals surface area contributed by atoms with Crippen LogP contribution in [0.15, 0.2) is 24.3 Å². The Morgan fingerprint density at radius 3 is 2.36 bits per heavy atom. The van der Waals surface area contributed by atoms with Crippen LogP contribution in [0.25, 0.3) is 0 Å². The Morgan fingerprint density at radius 2 is 1.82 bits per heavy atom. The number of rotatable bonds is 10. The molecule has 0 aliphatic carbocycles. The van der Waals surface area contributed by atoms with Crippen molar-refractivity contribution in [2.45, 2.75) is 56.5 Å². The second-order valence-electron chi connectivity index (χ2n) is 7.98. The number of benzene rings is 1. The normalized spacial score (nSPS) is 19.3. The lowest BCUT2D eigenvalue weighted by atomic mass is 10.0. The molecule has 0 radical (unpaired) electrons. The number of aromatic hydroxyl groups is 1. The number of aliphatic carboxylic acids is 1. The smallest absolute Gasteiger partial charge is 0.326 e. The van der Waals surface area contributed by atoms with Gasteiger partial charge in [-0.25, -0.2) is 4.79 Å². The lowest BCUT2D eigenvalue weighted by Gasteiger charge is -2.29. The van der Waals surface area contributed by atoms with Crippen molar-refractivity contribution < 1.29 is 39.6 Å². The molecular weight excluding hydrogens is 436 g/mol. The molecule has 5 atom stereocenters. The number of carbonyl (C=O) groups is 4. The summed E-state index contributed by atoms with van der Waals surface area (Å²) in [6, 6.07) is 0.846. The number of carboxylic acid groups (broad SMARTS) is 1. The molecule has 8 N–H and O–H groups in total. The fourth-order valence-electron chi connectivity index (χ4n) is 3.58. The van der Waals surface area contributed by atoms with Crippen LogP contribution in [-0.2, 0) is 25.6 Å². The maximum absolute atomic E-state index is 12.8. The summed E-state index contributed by atoms with van der Waals surface area (Å²) in [5, 5.41) is 42.7. The molecule has 1 saturated heterocycles. The van der Waals surface area contributed by atoms with Gasteiger partial charge in [0.25, 0.3) is 0 Å².